The van der Waals surface area contributed by atoms with Gasteiger partial charge in [-0.2, -0.15) is 0 Å². The van der Waals surface area contributed by atoms with Gasteiger partial charge in [-0.25, -0.2) is 0 Å². The van der Waals surface area contributed by atoms with Gasteiger partial charge in [-0.15, -0.1) is 0 Å². The zero-order valence-corrected chi connectivity index (χ0v) is 7.71. The zero-order valence-electron chi connectivity index (χ0n) is 7.71. The monoisotopic (exact) mass is 194 g/mol. The van der Waals surface area contributed by atoms with E-state index in [1.54, 1.807) is 12.1 Å². The highest BCUT2D eigenvalue weighted by Gasteiger charge is 2.03. The van der Waals surface area contributed by atoms with Gasteiger partial charge in [0.25, 0.3) is 5.69 Å². The molecule has 0 atom stereocenters. The van der Waals surface area contributed by atoms with E-state index in [9.17, 15) is 10.1 Å². The van der Waals surface area contributed by atoms with Crippen molar-refractivity contribution in [3.63, 3.8) is 0 Å². The lowest BCUT2D eigenvalue weighted by Gasteiger charge is -1.94. The van der Waals surface area contributed by atoms with E-state index in [1.165, 1.54) is 18.3 Å². The van der Waals surface area contributed by atoms with Crippen molar-refractivity contribution in [1.82, 2.24) is 0 Å². The summed E-state index contributed by atoms with van der Waals surface area (Å²) in [6.07, 6.45) is 1.44. The first kappa shape index (κ1) is 10.2. The van der Waals surface area contributed by atoms with Crippen molar-refractivity contribution in [3.05, 3.63) is 39.9 Å². The summed E-state index contributed by atoms with van der Waals surface area (Å²) >= 11 is 0. The van der Waals surface area contributed by atoms with Crippen molar-refractivity contribution >= 4 is 11.9 Å². The Bertz CT molecular complexity index is 350. The van der Waals surface area contributed by atoms with Crippen LogP contribution in [0.3, 0.4) is 0 Å². The second kappa shape index (κ2) is 4.96. The number of non-ortho nitro benzene ring substituents is 1. The van der Waals surface area contributed by atoms with Crippen molar-refractivity contribution in [1.29, 1.82) is 0 Å². The Kier molecular flexibility index (Phi) is 3.60. The Hall–Kier alpha value is -1.91. The maximum absolute atomic E-state index is 10.4. The van der Waals surface area contributed by atoms with Crippen LogP contribution in [0.25, 0.3) is 0 Å². The molecule has 0 aromatic heterocycles. The molecular weight excluding hydrogens is 184 g/mol. The van der Waals surface area contributed by atoms with E-state index >= 15 is 0 Å². The van der Waals surface area contributed by atoms with Crippen LogP contribution in [0.15, 0.2) is 29.4 Å². The number of nitrogens with zero attached hydrogens (tertiary/aromatic N) is 2. The average molecular weight is 194 g/mol. The molecule has 14 heavy (non-hydrogen) atoms. The van der Waals surface area contributed by atoms with Crippen LogP contribution in [0.5, 0.6) is 0 Å². The Labute approximate surface area is 81.1 Å². The van der Waals surface area contributed by atoms with Crippen LogP contribution in [-0.2, 0) is 4.84 Å². The molecule has 0 amide bonds. The van der Waals surface area contributed by atoms with Crippen molar-refractivity contribution in [3.8, 4) is 0 Å². The third kappa shape index (κ3) is 2.85. The number of hydrogen-bond acceptors (Lipinski definition) is 4. The summed E-state index contributed by atoms with van der Waals surface area (Å²) < 4.78 is 0. The fourth-order valence-electron chi connectivity index (χ4n) is 0.891. The average Bonchev–Trinajstić information content (AvgIpc) is 2.19. The first-order chi connectivity index (χ1) is 6.74. The minimum absolute atomic E-state index is 0.0467. The van der Waals surface area contributed by atoms with Crippen LogP contribution < -0.4 is 0 Å². The molecule has 1 aromatic carbocycles. The van der Waals surface area contributed by atoms with Crippen LogP contribution >= 0.6 is 0 Å². The molecule has 74 valence electrons. The van der Waals surface area contributed by atoms with Gasteiger partial charge in [0, 0.05) is 17.7 Å². The third-order valence-electron chi connectivity index (χ3n) is 1.49. The van der Waals surface area contributed by atoms with Crippen molar-refractivity contribution < 1.29 is 9.76 Å². The molecule has 5 nitrogen and oxygen atoms in total. The largest absolute Gasteiger partial charge is 0.396 e. The van der Waals surface area contributed by atoms with Crippen LogP contribution in [0.4, 0.5) is 5.69 Å². The standard InChI is InChI=1S/C9H10N2O3/c1-2-14-10-7-8-4-3-5-9(6-8)11(12)13/h3-7H,2H2,1H3/b10-7-. The summed E-state index contributed by atoms with van der Waals surface area (Å²) in [7, 11) is 0. The normalized spacial score (nSPS) is 10.4. The first-order valence-corrected chi connectivity index (χ1v) is 4.14. The first-order valence-electron chi connectivity index (χ1n) is 4.14. The maximum atomic E-state index is 10.4. The highest BCUT2D eigenvalue weighted by molar-refractivity contribution is 5.80. The molecule has 1 rings (SSSR count). The SMILES string of the molecule is CCO/N=C\c1cccc([N+](=O)[O-])c1. The lowest BCUT2D eigenvalue weighted by Crippen LogP contribution is -1.90. The summed E-state index contributed by atoms with van der Waals surface area (Å²) in [6, 6.07) is 6.18. The van der Waals surface area contributed by atoms with Crippen LogP contribution in [0, 0.1) is 10.1 Å². The molecule has 0 saturated heterocycles. The summed E-state index contributed by atoms with van der Waals surface area (Å²) in [6.45, 7) is 2.29. The molecule has 0 bridgehead atoms. The minimum Gasteiger partial charge on any atom is -0.396 e. The highest BCUT2D eigenvalue weighted by Crippen LogP contribution is 2.11. The molecule has 0 unspecified atom stereocenters. The molecule has 0 aliphatic heterocycles. The van der Waals surface area contributed by atoms with Crippen molar-refractivity contribution in [2.75, 3.05) is 6.61 Å². The number of nitro benzene ring substituents is 1. The molecule has 0 N–H and O–H groups in total. The minimum atomic E-state index is -0.446. The fourth-order valence-corrected chi connectivity index (χ4v) is 0.891. The lowest BCUT2D eigenvalue weighted by molar-refractivity contribution is -0.384. The van der Waals surface area contributed by atoms with E-state index in [0.29, 0.717) is 12.2 Å². The van der Waals surface area contributed by atoms with E-state index in [-0.39, 0.29) is 5.69 Å². The number of hydrogen-bond donors (Lipinski definition) is 0. The topological polar surface area (TPSA) is 64.7 Å². The van der Waals surface area contributed by atoms with Gasteiger partial charge in [-0.3, -0.25) is 10.1 Å². The third-order valence-corrected chi connectivity index (χ3v) is 1.49. The van der Waals surface area contributed by atoms with Crippen LogP contribution in [0.2, 0.25) is 0 Å². The van der Waals surface area contributed by atoms with Crippen molar-refractivity contribution in [2.45, 2.75) is 6.92 Å². The molecule has 0 radical (unpaired) electrons. The molecule has 0 saturated carbocycles. The van der Waals surface area contributed by atoms with Gasteiger partial charge in [0.2, 0.25) is 0 Å². The van der Waals surface area contributed by atoms with Crippen LogP contribution in [0.1, 0.15) is 12.5 Å². The predicted octanol–water partition coefficient (Wildman–Crippen LogP) is 1.97. The number of rotatable bonds is 4. The molecule has 0 aliphatic rings. The predicted molar refractivity (Wildman–Crippen MR) is 52.3 cm³/mol. The number of benzene rings is 1. The zero-order chi connectivity index (χ0) is 10.4. The van der Waals surface area contributed by atoms with Gasteiger partial charge in [-0.05, 0) is 6.92 Å². The highest BCUT2D eigenvalue weighted by atomic mass is 16.6. The lowest BCUT2D eigenvalue weighted by atomic mass is 10.2. The maximum Gasteiger partial charge on any atom is 0.270 e. The number of oxime groups is 1. The molecule has 0 fully saturated rings. The van der Waals surface area contributed by atoms with E-state index in [4.69, 9.17) is 4.84 Å². The Morgan fingerprint density at radius 1 is 1.64 bits per heavy atom. The summed E-state index contributed by atoms with van der Waals surface area (Å²) in [5, 5.41) is 14.0. The Balaban J connectivity index is 2.78. The number of nitro groups is 1. The molecule has 0 aliphatic carbocycles. The Morgan fingerprint density at radius 2 is 2.43 bits per heavy atom. The molecule has 0 spiro atoms. The van der Waals surface area contributed by atoms with Gasteiger partial charge in [0.05, 0.1) is 11.1 Å². The smallest absolute Gasteiger partial charge is 0.270 e. The second-order valence-electron chi connectivity index (χ2n) is 2.50. The molecule has 0 heterocycles. The van der Waals surface area contributed by atoms with Crippen LogP contribution in [-0.4, -0.2) is 17.7 Å². The van der Waals surface area contributed by atoms with Crippen molar-refractivity contribution in [2.24, 2.45) is 5.16 Å². The second-order valence-corrected chi connectivity index (χ2v) is 2.50. The van der Waals surface area contributed by atoms with Gasteiger partial charge in [0.15, 0.2) is 0 Å². The van der Waals surface area contributed by atoms with E-state index in [0.717, 1.165) is 0 Å². The molecule has 1 aromatic rings. The summed E-state index contributed by atoms with van der Waals surface area (Å²) in [5.74, 6) is 0. The van der Waals surface area contributed by atoms with E-state index < -0.39 is 4.92 Å². The summed E-state index contributed by atoms with van der Waals surface area (Å²) in [4.78, 5) is 14.7. The Morgan fingerprint density at radius 3 is 3.07 bits per heavy atom. The van der Waals surface area contributed by atoms with Gasteiger partial charge in [0.1, 0.15) is 6.61 Å². The van der Waals surface area contributed by atoms with Gasteiger partial charge in [-0.1, -0.05) is 17.3 Å². The van der Waals surface area contributed by atoms with Gasteiger partial charge >= 0.3 is 0 Å². The van der Waals surface area contributed by atoms with E-state index in [2.05, 4.69) is 5.16 Å². The molecular formula is C9H10N2O3. The summed E-state index contributed by atoms with van der Waals surface area (Å²) in [5.41, 5.74) is 0.693. The van der Waals surface area contributed by atoms with Gasteiger partial charge < -0.3 is 4.84 Å². The fraction of sp³-hybridized carbons (Fsp3) is 0.222. The van der Waals surface area contributed by atoms with E-state index in [1.807, 2.05) is 6.92 Å². The quantitative estimate of drug-likeness (QED) is 0.418. The molecule has 5 heteroatoms.